The van der Waals surface area contributed by atoms with Crippen LogP contribution in [0.3, 0.4) is 0 Å². The van der Waals surface area contributed by atoms with Crippen molar-refractivity contribution in [2.45, 2.75) is 38.7 Å². The number of carbonyl (C=O) groups excluding carboxylic acids is 1. The first kappa shape index (κ1) is 19.9. The third kappa shape index (κ3) is 5.57. The van der Waals surface area contributed by atoms with Gasteiger partial charge < -0.3 is 10.1 Å². The van der Waals surface area contributed by atoms with Crippen molar-refractivity contribution in [1.82, 2.24) is 4.72 Å². The number of rotatable bonds is 7. The molecule has 2 aromatic rings. The van der Waals surface area contributed by atoms with Gasteiger partial charge in [0.2, 0.25) is 15.9 Å². The van der Waals surface area contributed by atoms with Gasteiger partial charge in [0, 0.05) is 5.69 Å². The SMILES string of the molecule is Cc1ccc(S(=O)(=O)NCC(=O)Nc2ccc(OC(C)C)cc2)c(C)c1. The number of benzene rings is 2. The van der Waals surface area contributed by atoms with Crippen molar-refractivity contribution >= 4 is 21.6 Å². The van der Waals surface area contributed by atoms with Gasteiger partial charge in [-0.2, -0.15) is 0 Å². The Bertz CT molecular complexity index is 875. The van der Waals surface area contributed by atoms with E-state index in [-0.39, 0.29) is 17.5 Å². The number of nitrogens with one attached hydrogen (secondary N) is 2. The molecule has 7 heteroatoms. The third-order valence-corrected chi connectivity index (χ3v) is 5.11. The average molecular weight is 376 g/mol. The van der Waals surface area contributed by atoms with E-state index >= 15 is 0 Å². The van der Waals surface area contributed by atoms with Gasteiger partial charge >= 0.3 is 0 Å². The molecule has 2 rings (SSSR count). The molecular formula is C19H24N2O4S. The van der Waals surface area contributed by atoms with Gasteiger partial charge in [0.05, 0.1) is 17.5 Å². The van der Waals surface area contributed by atoms with Crippen molar-refractivity contribution < 1.29 is 17.9 Å². The second-order valence-corrected chi connectivity index (χ2v) is 8.07. The van der Waals surface area contributed by atoms with Crippen LogP contribution in [0.4, 0.5) is 5.69 Å². The standard InChI is InChI=1S/C19H24N2O4S/c1-13(2)25-17-8-6-16(7-9-17)21-19(22)12-20-26(23,24)18-10-5-14(3)11-15(18)4/h5-11,13,20H,12H2,1-4H3,(H,21,22). The van der Waals surface area contributed by atoms with Crippen LogP contribution in [0.5, 0.6) is 5.75 Å². The van der Waals surface area contributed by atoms with Crippen LogP contribution in [0.1, 0.15) is 25.0 Å². The number of hydrogen-bond acceptors (Lipinski definition) is 4. The van der Waals surface area contributed by atoms with Crippen molar-refractivity contribution in [1.29, 1.82) is 0 Å². The van der Waals surface area contributed by atoms with Gasteiger partial charge in [-0.05, 0) is 63.6 Å². The van der Waals surface area contributed by atoms with Gasteiger partial charge in [-0.25, -0.2) is 13.1 Å². The molecule has 0 bridgehead atoms. The topological polar surface area (TPSA) is 84.5 Å². The highest BCUT2D eigenvalue weighted by atomic mass is 32.2. The van der Waals surface area contributed by atoms with E-state index in [0.29, 0.717) is 17.0 Å². The van der Waals surface area contributed by atoms with E-state index in [0.717, 1.165) is 5.56 Å². The smallest absolute Gasteiger partial charge is 0.241 e. The molecule has 26 heavy (non-hydrogen) atoms. The summed E-state index contributed by atoms with van der Waals surface area (Å²) >= 11 is 0. The Morgan fingerprint density at radius 2 is 1.73 bits per heavy atom. The molecule has 0 saturated heterocycles. The van der Waals surface area contributed by atoms with Crippen LogP contribution in [0.15, 0.2) is 47.4 Å². The summed E-state index contributed by atoms with van der Waals surface area (Å²) < 4.78 is 32.6. The van der Waals surface area contributed by atoms with Crippen LogP contribution in [0.2, 0.25) is 0 Å². The average Bonchev–Trinajstić information content (AvgIpc) is 2.54. The number of carbonyl (C=O) groups is 1. The summed E-state index contributed by atoms with van der Waals surface area (Å²) in [5.41, 5.74) is 2.18. The van der Waals surface area contributed by atoms with E-state index in [1.54, 1.807) is 49.4 Å². The normalized spacial score (nSPS) is 11.4. The zero-order chi connectivity index (χ0) is 19.3. The van der Waals surface area contributed by atoms with Gasteiger partial charge in [0.25, 0.3) is 0 Å². The summed E-state index contributed by atoms with van der Waals surface area (Å²) in [5.74, 6) is 0.254. The summed E-state index contributed by atoms with van der Waals surface area (Å²) in [4.78, 5) is 12.2. The first-order valence-electron chi connectivity index (χ1n) is 8.31. The van der Waals surface area contributed by atoms with Crippen LogP contribution in [0.25, 0.3) is 0 Å². The molecule has 0 aliphatic carbocycles. The molecule has 0 aromatic heterocycles. The molecule has 0 atom stereocenters. The van der Waals surface area contributed by atoms with Gasteiger partial charge in [-0.3, -0.25) is 4.79 Å². The summed E-state index contributed by atoms with van der Waals surface area (Å²) in [6.07, 6.45) is 0.0649. The number of amides is 1. The minimum atomic E-state index is -3.75. The Kier molecular flexibility index (Phi) is 6.39. The van der Waals surface area contributed by atoms with Crippen molar-refractivity contribution in [2.24, 2.45) is 0 Å². The third-order valence-electron chi connectivity index (χ3n) is 3.55. The molecule has 1 amide bonds. The number of aryl methyl sites for hydroxylation is 2. The highest BCUT2D eigenvalue weighted by Gasteiger charge is 2.17. The molecule has 0 aliphatic heterocycles. The molecule has 2 N–H and O–H groups in total. The maximum atomic E-state index is 12.4. The molecule has 2 aromatic carbocycles. The Hall–Kier alpha value is -2.38. The lowest BCUT2D eigenvalue weighted by molar-refractivity contribution is -0.115. The lowest BCUT2D eigenvalue weighted by atomic mass is 10.2. The summed E-state index contributed by atoms with van der Waals surface area (Å²) in [7, 11) is -3.75. The fourth-order valence-corrected chi connectivity index (χ4v) is 3.64. The van der Waals surface area contributed by atoms with E-state index in [2.05, 4.69) is 10.0 Å². The molecule has 0 spiro atoms. The summed E-state index contributed by atoms with van der Waals surface area (Å²) in [6.45, 7) is 7.12. The van der Waals surface area contributed by atoms with Gasteiger partial charge in [-0.15, -0.1) is 0 Å². The molecule has 0 radical (unpaired) electrons. The summed E-state index contributed by atoms with van der Waals surface area (Å²) in [6, 6.07) is 11.9. The minimum absolute atomic E-state index is 0.0649. The fraction of sp³-hybridized carbons (Fsp3) is 0.316. The van der Waals surface area contributed by atoms with Gasteiger partial charge in [-0.1, -0.05) is 17.7 Å². The Morgan fingerprint density at radius 3 is 2.31 bits per heavy atom. The van der Waals surface area contributed by atoms with Crippen molar-refractivity contribution in [3.8, 4) is 5.75 Å². The van der Waals surface area contributed by atoms with Crippen LogP contribution in [-0.4, -0.2) is 27.0 Å². The van der Waals surface area contributed by atoms with Crippen molar-refractivity contribution in [3.63, 3.8) is 0 Å². The van der Waals surface area contributed by atoms with E-state index in [9.17, 15) is 13.2 Å². The first-order chi connectivity index (χ1) is 12.2. The highest BCUT2D eigenvalue weighted by Crippen LogP contribution is 2.18. The number of ether oxygens (including phenoxy) is 1. The second kappa shape index (κ2) is 8.33. The Balaban J connectivity index is 1.95. The molecule has 6 nitrogen and oxygen atoms in total. The lowest BCUT2D eigenvalue weighted by Gasteiger charge is -2.12. The molecule has 0 saturated carbocycles. The Morgan fingerprint density at radius 1 is 1.08 bits per heavy atom. The lowest BCUT2D eigenvalue weighted by Crippen LogP contribution is -2.33. The van der Waals surface area contributed by atoms with E-state index < -0.39 is 15.9 Å². The second-order valence-electron chi connectivity index (χ2n) is 6.33. The Labute approximate surface area is 154 Å². The van der Waals surface area contributed by atoms with E-state index in [1.165, 1.54) is 0 Å². The van der Waals surface area contributed by atoms with E-state index in [1.807, 2.05) is 20.8 Å². The summed E-state index contributed by atoms with van der Waals surface area (Å²) in [5, 5.41) is 2.65. The number of hydrogen-bond donors (Lipinski definition) is 2. The van der Waals surface area contributed by atoms with Crippen molar-refractivity contribution in [3.05, 3.63) is 53.6 Å². The predicted molar refractivity (Wildman–Crippen MR) is 102 cm³/mol. The quantitative estimate of drug-likeness (QED) is 0.778. The predicted octanol–water partition coefficient (Wildman–Crippen LogP) is 3.01. The zero-order valence-corrected chi connectivity index (χ0v) is 16.2. The molecular weight excluding hydrogens is 352 g/mol. The molecule has 0 aliphatic rings. The van der Waals surface area contributed by atoms with E-state index in [4.69, 9.17) is 4.74 Å². The molecule has 0 unspecified atom stereocenters. The van der Waals surface area contributed by atoms with Crippen LogP contribution < -0.4 is 14.8 Å². The number of sulfonamides is 1. The van der Waals surface area contributed by atoms with Crippen molar-refractivity contribution in [2.75, 3.05) is 11.9 Å². The van der Waals surface area contributed by atoms with Crippen LogP contribution >= 0.6 is 0 Å². The van der Waals surface area contributed by atoms with Gasteiger partial charge in [0.1, 0.15) is 5.75 Å². The maximum Gasteiger partial charge on any atom is 0.241 e. The largest absolute Gasteiger partial charge is 0.491 e. The molecule has 0 fully saturated rings. The van der Waals surface area contributed by atoms with Crippen LogP contribution in [0, 0.1) is 13.8 Å². The number of anilines is 1. The monoisotopic (exact) mass is 376 g/mol. The molecule has 0 heterocycles. The zero-order valence-electron chi connectivity index (χ0n) is 15.4. The fourth-order valence-electron chi connectivity index (χ4n) is 2.43. The van der Waals surface area contributed by atoms with Gasteiger partial charge in [0.15, 0.2) is 0 Å². The van der Waals surface area contributed by atoms with Crippen LogP contribution in [-0.2, 0) is 14.8 Å². The minimum Gasteiger partial charge on any atom is -0.491 e. The molecule has 140 valence electrons. The highest BCUT2D eigenvalue weighted by molar-refractivity contribution is 7.89. The maximum absolute atomic E-state index is 12.4. The first-order valence-corrected chi connectivity index (χ1v) is 9.79.